The monoisotopic (exact) mass is 244 g/mol. The van der Waals surface area contributed by atoms with Crippen molar-refractivity contribution in [3.05, 3.63) is 30.1 Å². The van der Waals surface area contributed by atoms with E-state index in [0.717, 1.165) is 6.20 Å². The summed E-state index contributed by atoms with van der Waals surface area (Å²) in [4.78, 5) is 19.2. The molecule has 0 radical (unpaired) electrons. The Morgan fingerprint density at radius 1 is 1.22 bits per heavy atom. The average molecular weight is 244 g/mol. The molecule has 0 fully saturated rings. The molecule has 3 heterocycles. The second-order valence-electron chi connectivity index (χ2n) is 3.83. The van der Waals surface area contributed by atoms with E-state index >= 15 is 0 Å². The molecule has 90 valence electrons. The summed E-state index contributed by atoms with van der Waals surface area (Å²) in [5.41, 5.74) is 7.30. The number of aryl methyl sites for hydroxylation is 1. The predicted molar refractivity (Wildman–Crippen MR) is 64.0 cm³/mol. The highest BCUT2D eigenvalue weighted by Crippen LogP contribution is 2.21. The van der Waals surface area contributed by atoms with Crippen LogP contribution in [0.3, 0.4) is 0 Å². The zero-order valence-corrected chi connectivity index (χ0v) is 9.48. The first-order chi connectivity index (χ1) is 8.63. The summed E-state index contributed by atoms with van der Waals surface area (Å²) >= 11 is 0. The molecule has 0 bridgehead atoms. The van der Waals surface area contributed by atoms with Crippen molar-refractivity contribution in [3.8, 4) is 11.4 Å². The Hall–Kier alpha value is -2.57. The normalized spacial score (nSPS) is 11.0. The quantitative estimate of drug-likeness (QED) is 0.675. The van der Waals surface area contributed by atoms with E-state index in [9.17, 15) is 4.39 Å². The van der Waals surface area contributed by atoms with Crippen LogP contribution in [-0.2, 0) is 0 Å². The summed E-state index contributed by atoms with van der Waals surface area (Å²) in [5, 5.41) is 0. The molecule has 0 unspecified atom stereocenters. The maximum absolute atomic E-state index is 13.1. The Labute approximate surface area is 101 Å². The lowest BCUT2D eigenvalue weighted by atomic mass is 10.3. The number of nitrogens with zero attached hydrogens (tertiary/aromatic N) is 4. The number of pyridine rings is 1. The molecular weight excluding hydrogens is 235 g/mol. The fourth-order valence-corrected chi connectivity index (χ4v) is 1.71. The van der Waals surface area contributed by atoms with Gasteiger partial charge in [0, 0.05) is 11.8 Å². The first-order valence-corrected chi connectivity index (χ1v) is 5.24. The maximum Gasteiger partial charge on any atom is 0.183 e. The van der Waals surface area contributed by atoms with Crippen LogP contribution >= 0.6 is 0 Å². The van der Waals surface area contributed by atoms with Crippen LogP contribution in [0.5, 0.6) is 0 Å². The molecule has 0 atom stereocenters. The lowest BCUT2D eigenvalue weighted by Crippen LogP contribution is -1.96. The van der Waals surface area contributed by atoms with Crippen molar-refractivity contribution in [2.24, 2.45) is 0 Å². The molecule has 0 aliphatic rings. The van der Waals surface area contributed by atoms with Crippen LogP contribution in [0.1, 0.15) is 5.82 Å². The number of nitrogens with two attached hydrogens (primary N) is 1. The lowest BCUT2D eigenvalue weighted by molar-refractivity contribution is 0.622. The number of nitrogens with one attached hydrogen (secondary N) is 1. The van der Waals surface area contributed by atoms with Crippen molar-refractivity contribution in [1.29, 1.82) is 0 Å². The van der Waals surface area contributed by atoms with Gasteiger partial charge in [0.2, 0.25) is 0 Å². The third-order valence-electron chi connectivity index (χ3n) is 2.47. The predicted octanol–water partition coefficient (Wildman–Crippen LogP) is 1.44. The number of hydrogen-bond donors (Lipinski definition) is 2. The van der Waals surface area contributed by atoms with Gasteiger partial charge in [0.1, 0.15) is 23.0 Å². The third-order valence-corrected chi connectivity index (χ3v) is 2.47. The minimum absolute atomic E-state index is 0.320. The highest BCUT2D eigenvalue weighted by molar-refractivity contribution is 5.84. The first kappa shape index (κ1) is 10.6. The van der Waals surface area contributed by atoms with E-state index in [-0.39, 0.29) is 0 Å². The number of hydrogen-bond acceptors (Lipinski definition) is 5. The number of fused-ring (bicyclic) bond motifs is 1. The van der Waals surface area contributed by atoms with E-state index in [1.54, 1.807) is 6.92 Å². The van der Waals surface area contributed by atoms with E-state index < -0.39 is 5.82 Å². The molecule has 0 spiro atoms. The van der Waals surface area contributed by atoms with Crippen LogP contribution in [-0.4, -0.2) is 24.9 Å². The Morgan fingerprint density at radius 2 is 2.06 bits per heavy atom. The van der Waals surface area contributed by atoms with Gasteiger partial charge in [-0.3, -0.25) is 4.98 Å². The molecule has 0 aliphatic carbocycles. The minimum atomic E-state index is -0.428. The summed E-state index contributed by atoms with van der Waals surface area (Å²) in [6.45, 7) is 1.73. The number of anilines is 1. The third kappa shape index (κ3) is 1.65. The zero-order valence-electron chi connectivity index (χ0n) is 9.48. The van der Waals surface area contributed by atoms with Crippen LogP contribution in [0.15, 0.2) is 18.5 Å². The number of halogens is 1. The lowest BCUT2D eigenvalue weighted by Gasteiger charge is -1.95. The largest absolute Gasteiger partial charge is 0.382 e. The van der Waals surface area contributed by atoms with E-state index in [1.807, 2.05) is 0 Å². The summed E-state index contributed by atoms with van der Waals surface area (Å²) in [6, 6.07) is 1.33. The van der Waals surface area contributed by atoms with Gasteiger partial charge in [-0.1, -0.05) is 0 Å². The Morgan fingerprint density at radius 3 is 2.83 bits per heavy atom. The second kappa shape index (κ2) is 3.73. The molecule has 3 aromatic heterocycles. The van der Waals surface area contributed by atoms with Gasteiger partial charge in [-0.05, 0) is 13.0 Å². The highest BCUT2D eigenvalue weighted by Gasteiger charge is 2.11. The van der Waals surface area contributed by atoms with Gasteiger partial charge in [-0.25, -0.2) is 19.3 Å². The number of rotatable bonds is 1. The zero-order chi connectivity index (χ0) is 12.7. The van der Waals surface area contributed by atoms with Gasteiger partial charge in [0.05, 0.1) is 6.20 Å². The Kier molecular flexibility index (Phi) is 2.19. The van der Waals surface area contributed by atoms with Crippen LogP contribution in [0.4, 0.5) is 10.2 Å². The fourth-order valence-electron chi connectivity index (χ4n) is 1.71. The molecule has 7 heteroatoms. The van der Waals surface area contributed by atoms with Gasteiger partial charge in [0.15, 0.2) is 11.5 Å². The number of nitrogen functional groups attached to an aromatic ring is 1. The Bertz CT molecular complexity index is 735. The van der Waals surface area contributed by atoms with Crippen molar-refractivity contribution < 1.29 is 4.39 Å². The summed E-state index contributed by atoms with van der Waals surface area (Å²) in [6.07, 6.45) is 2.64. The van der Waals surface area contributed by atoms with Crippen LogP contribution in [0, 0.1) is 12.7 Å². The molecule has 0 aromatic carbocycles. The number of imidazole rings is 1. The fraction of sp³-hybridized carbons (Fsp3) is 0.0909. The van der Waals surface area contributed by atoms with Crippen LogP contribution < -0.4 is 5.73 Å². The molecule has 18 heavy (non-hydrogen) atoms. The smallest absolute Gasteiger partial charge is 0.183 e. The van der Waals surface area contributed by atoms with E-state index in [4.69, 9.17) is 5.73 Å². The van der Waals surface area contributed by atoms with Crippen molar-refractivity contribution in [2.45, 2.75) is 6.92 Å². The van der Waals surface area contributed by atoms with Gasteiger partial charge >= 0.3 is 0 Å². The molecule has 0 aliphatic heterocycles. The van der Waals surface area contributed by atoms with E-state index in [0.29, 0.717) is 34.2 Å². The first-order valence-electron chi connectivity index (χ1n) is 5.24. The van der Waals surface area contributed by atoms with E-state index in [1.165, 1.54) is 12.3 Å². The molecule has 3 aromatic rings. The molecule has 0 amide bonds. The molecular formula is C11H9FN6. The second-order valence-corrected chi connectivity index (χ2v) is 3.83. The minimum Gasteiger partial charge on any atom is -0.382 e. The maximum atomic E-state index is 13.1. The average Bonchev–Trinajstić information content (AvgIpc) is 2.73. The number of aromatic nitrogens is 5. The Balaban J connectivity index is 2.22. The standard InChI is InChI=1S/C11H9FN6/c1-5-15-9(13)8-11(16-5)18-10(17-8)6-2-7(12)4-14-3-6/h2-4H,1H3,(H3,13,15,16,17,18). The molecule has 3 N–H and O–H groups in total. The number of H-pyrrole nitrogens is 1. The summed E-state index contributed by atoms with van der Waals surface area (Å²) in [5.74, 6) is 0.892. The van der Waals surface area contributed by atoms with Gasteiger partial charge in [-0.2, -0.15) is 0 Å². The van der Waals surface area contributed by atoms with Crippen molar-refractivity contribution in [1.82, 2.24) is 24.9 Å². The van der Waals surface area contributed by atoms with Crippen LogP contribution in [0.2, 0.25) is 0 Å². The topological polar surface area (TPSA) is 93.4 Å². The van der Waals surface area contributed by atoms with Gasteiger partial charge < -0.3 is 10.7 Å². The van der Waals surface area contributed by atoms with Crippen molar-refractivity contribution in [3.63, 3.8) is 0 Å². The molecule has 3 rings (SSSR count). The van der Waals surface area contributed by atoms with Crippen LogP contribution in [0.25, 0.3) is 22.6 Å². The van der Waals surface area contributed by atoms with Crippen molar-refractivity contribution >= 4 is 17.0 Å². The van der Waals surface area contributed by atoms with Crippen molar-refractivity contribution in [2.75, 3.05) is 5.73 Å². The molecule has 0 saturated carbocycles. The SMILES string of the molecule is Cc1nc(N)c2[nH]c(-c3cncc(F)c3)nc2n1. The number of aromatic amines is 1. The highest BCUT2D eigenvalue weighted by atomic mass is 19.1. The summed E-state index contributed by atoms with van der Waals surface area (Å²) < 4.78 is 13.1. The van der Waals surface area contributed by atoms with E-state index in [2.05, 4.69) is 24.9 Å². The van der Waals surface area contributed by atoms with Gasteiger partial charge in [0.25, 0.3) is 0 Å². The molecule has 6 nitrogen and oxygen atoms in total. The molecule has 0 saturated heterocycles. The van der Waals surface area contributed by atoms with Gasteiger partial charge in [-0.15, -0.1) is 0 Å². The summed E-state index contributed by atoms with van der Waals surface area (Å²) in [7, 11) is 0.